The number of para-hydroxylation sites is 1. The van der Waals surface area contributed by atoms with Crippen LogP contribution in [0.4, 0.5) is 18.0 Å². The van der Waals surface area contributed by atoms with Crippen LogP contribution in [0.2, 0.25) is 4.34 Å². The van der Waals surface area contributed by atoms with Gasteiger partial charge in [-0.3, -0.25) is 0 Å². The van der Waals surface area contributed by atoms with Gasteiger partial charge in [-0.1, -0.05) is 29.8 Å². The maximum atomic E-state index is 12.6. The van der Waals surface area contributed by atoms with Crippen LogP contribution < -0.4 is 10.1 Å². The third-order valence-corrected chi connectivity index (χ3v) is 7.89. The van der Waals surface area contributed by atoms with Crippen molar-refractivity contribution < 1.29 is 31.1 Å². The standard InChI is InChI=1S/C17H17ClF3N3O4S2/c18-14-5-6-15(29-14)30(26,27)24-9-7-23(8-10-24)16(25)22-11-12-3-1-2-4-13(12)28-17(19,20)21/h1-6H,7-11H2,(H,22,25). The number of halogens is 4. The molecule has 1 aliphatic rings. The Bertz CT molecular complexity index is 1010. The molecule has 2 heterocycles. The molecule has 1 aliphatic heterocycles. The van der Waals surface area contributed by atoms with Gasteiger partial charge in [-0.05, 0) is 18.2 Å². The molecule has 1 aromatic carbocycles. The molecule has 0 spiro atoms. The van der Waals surface area contributed by atoms with E-state index in [2.05, 4.69) is 10.1 Å². The fourth-order valence-corrected chi connectivity index (χ4v) is 5.91. The molecule has 164 valence electrons. The number of benzene rings is 1. The summed E-state index contributed by atoms with van der Waals surface area (Å²) in [4.78, 5) is 13.8. The van der Waals surface area contributed by atoms with E-state index in [1.165, 1.54) is 39.5 Å². The number of thiophene rings is 1. The lowest BCUT2D eigenvalue weighted by Gasteiger charge is -2.33. The molecular formula is C17H17ClF3N3O4S2. The Hall–Kier alpha value is -2.02. The van der Waals surface area contributed by atoms with Gasteiger partial charge in [-0.25, -0.2) is 13.2 Å². The van der Waals surface area contributed by atoms with E-state index < -0.39 is 28.2 Å². The summed E-state index contributed by atoms with van der Waals surface area (Å²) in [5.41, 5.74) is 0.166. The molecule has 7 nitrogen and oxygen atoms in total. The first-order chi connectivity index (χ1) is 14.1. The summed E-state index contributed by atoms with van der Waals surface area (Å²) in [6.45, 7) is 0.311. The van der Waals surface area contributed by atoms with Gasteiger partial charge >= 0.3 is 12.4 Å². The lowest BCUT2D eigenvalue weighted by Crippen LogP contribution is -2.52. The molecule has 3 rings (SSSR count). The average Bonchev–Trinajstić information content (AvgIpc) is 3.13. The number of amides is 2. The Morgan fingerprint density at radius 2 is 1.80 bits per heavy atom. The molecule has 1 N–H and O–H groups in total. The van der Waals surface area contributed by atoms with Gasteiger partial charge in [0.25, 0.3) is 10.0 Å². The van der Waals surface area contributed by atoms with E-state index in [-0.39, 0.29) is 42.5 Å². The van der Waals surface area contributed by atoms with Crippen LogP contribution in [0.3, 0.4) is 0 Å². The second kappa shape index (κ2) is 9.00. The zero-order chi connectivity index (χ0) is 21.9. The van der Waals surface area contributed by atoms with E-state index in [9.17, 15) is 26.4 Å². The van der Waals surface area contributed by atoms with Crippen molar-refractivity contribution in [2.45, 2.75) is 17.1 Å². The maximum Gasteiger partial charge on any atom is 0.573 e. The van der Waals surface area contributed by atoms with Crippen molar-refractivity contribution in [3.8, 4) is 5.75 Å². The topological polar surface area (TPSA) is 79.0 Å². The van der Waals surface area contributed by atoms with Crippen molar-refractivity contribution in [2.75, 3.05) is 26.2 Å². The number of sulfonamides is 1. The molecule has 0 saturated carbocycles. The van der Waals surface area contributed by atoms with Crippen molar-refractivity contribution in [3.05, 3.63) is 46.3 Å². The fraction of sp³-hybridized carbons (Fsp3) is 0.353. The van der Waals surface area contributed by atoms with E-state index in [1.807, 2.05) is 0 Å². The molecule has 1 saturated heterocycles. The Labute approximate surface area is 180 Å². The first kappa shape index (κ1) is 22.7. The summed E-state index contributed by atoms with van der Waals surface area (Å²) in [5, 5.41) is 2.54. The Kier molecular flexibility index (Phi) is 6.80. The highest BCUT2D eigenvalue weighted by atomic mass is 35.5. The second-order valence-electron chi connectivity index (χ2n) is 6.26. The Balaban J connectivity index is 1.55. The number of hydrogen-bond acceptors (Lipinski definition) is 5. The number of hydrogen-bond donors (Lipinski definition) is 1. The van der Waals surface area contributed by atoms with Gasteiger partial charge in [0.05, 0.1) is 4.34 Å². The van der Waals surface area contributed by atoms with Crippen molar-refractivity contribution in [1.29, 1.82) is 0 Å². The van der Waals surface area contributed by atoms with Gasteiger partial charge in [0.15, 0.2) is 0 Å². The smallest absolute Gasteiger partial charge is 0.405 e. The number of carbonyl (C=O) groups is 1. The van der Waals surface area contributed by atoms with Gasteiger partial charge in [-0.2, -0.15) is 4.31 Å². The van der Waals surface area contributed by atoms with Crippen molar-refractivity contribution in [1.82, 2.24) is 14.5 Å². The molecule has 30 heavy (non-hydrogen) atoms. The van der Waals surface area contributed by atoms with Crippen LogP contribution in [0, 0.1) is 0 Å². The lowest BCUT2D eigenvalue weighted by molar-refractivity contribution is -0.274. The normalized spacial score (nSPS) is 15.8. The number of piperazine rings is 1. The van der Waals surface area contributed by atoms with Gasteiger partial charge < -0.3 is 15.0 Å². The van der Waals surface area contributed by atoms with Gasteiger partial charge in [0, 0.05) is 38.3 Å². The van der Waals surface area contributed by atoms with Gasteiger partial charge in [-0.15, -0.1) is 24.5 Å². The van der Waals surface area contributed by atoms with E-state index >= 15 is 0 Å². The third kappa shape index (κ3) is 5.56. The minimum Gasteiger partial charge on any atom is -0.405 e. The number of rotatable bonds is 5. The highest BCUT2D eigenvalue weighted by Crippen LogP contribution is 2.29. The Morgan fingerprint density at radius 1 is 1.13 bits per heavy atom. The number of urea groups is 1. The van der Waals surface area contributed by atoms with Crippen molar-refractivity contribution >= 4 is 39.0 Å². The number of nitrogens with zero attached hydrogens (tertiary/aromatic N) is 2. The molecule has 0 radical (unpaired) electrons. The molecule has 13 heteroatoms. The summed E-state index contributed by atoms with van der Waals surface area (Å²) in [6.07, 6.45) is -4.84. The summed E-state index contributed by atoms with van der Waals surface area (Å²) in [6, 6.07) is 7.93. The van der Waals surface area contributed by atoms with Crippen molar-refractivity contribution in [2.24, 2.45) is 0 Å². The Morgan fingerprint density at radius 3 is 2.40 bits per heavy atom. The predicted octanol–water partition coefficient (Wildman–Crippen LogP) is 3.52. The van der Waals surface area contributed by atoms with Crippen LogP contribution in [0.1, 0.15) is 5.56 Å². The van der Waals surface area contributed by atoms with Crippen LogP contribution in [0.25, 0.3) is 0 Å². The molecule has 2 aromatic rings. The molecule has 0 bridgehead atoms. The fourth-order valence-electron chi connectivity index (χ4n) is 2.85. The minimum atomic E-state index is -4.84. The van der Waals surface area contributed by atoms with E-state index in [0.29, 0.717) is 4.34 Å². The van der Waals surface area contributed by atoms with Gasteiger partial charge in [0.1, 0.15) is 9.96 Å². The number of nitrogens with one attached hydrogen (secondary N) is 1. The van der Waals surface area contributed by atoms with E-state index in [0.717, 1.165) is 17.4 Å². The summed E-state index contributed by atoms with van der Waals surface area (Å²) in [5.74, 6) is -0.393. The molecule has 0 atom stereocenters. The maximum absolute atomic E-state index is 12.6. The van der Waals surface area contributed by atoms with E-state index in [4.69, 9.17) is 11.6 Å². The third-order valence-electron chi connectivity index (χ3n) is 4.30. The summed E-state index contributed by atoms with van der Waals surface area (Å²) in [7, 11) is -3.68. The van der Waals surface area contributed by atoms with E-state index in [1.54, 1.807) is 0 Å². The largest absolute Gasteiger partial charge is 0.573 e. The quantitative estimate of drug-likeness (QED) is 0.706. The zero-order valence-corrected chi connectivity index (χ0v) is 17.7. The highest BCUT2D eigenvalue weighted by Gasteiger charge is 2.33. The van der Waals surface area contributed by atoms with Crippen molar-refractivity contribution in [3.63, 3.8) is 0 Å². The molecule has 1 aromatic heterocycles. The summed E-state index contributed by atoms with van der Waals surface area (Å²) >= 11 is 6.76. The average molecular weight is 484 g/mol. The van der Waals surface area contributed by atoms with Crippen LogP contribution in [-0.2, 0) is 16.6 Å². The highest BCUT2D eigenvalue weighted by molar-refractivity contribution is 7.91. The molecule has 0 unspecified atom stereocenters. The molecular weight excluding hydrogens is 467 g/mol. The number of ether oxygens (including phenoxy) is 1. The van der Waals surface area contributed by atoms with Crippen LogP contribution in [0.5, 0.6) is 5.75 Å². The second-order valence-corrected chi connectivity index (χ2v) is 10.1. The summed E-state index contributed by atoms with van der Waals surface area (Å²) < 4.78 is 68.4. The molecule has 0 aliphatic carbocycles. The number of alkyl halides is 3. The van der Waals surface area contributed by atoms with Crippen LogP contribution in [0.15, 0.2) is 40.6 Å². The monoisotopic (exact) mass is 483 g/mol. The van der Waals surface area contributed by atoms with Gasteiger partial charge in [0.2, 0.25) is 0 Å². The minimum absolute atomic E-state index is 0.0963. The SMILES string of the molecule is O=C(NCc1ccccc1OC(F)(F)F)N1CCN(S(=O)(=O)c2ccc(Cl)s2)CC1. The first-order valence-corrected chi connectivity index (χ1v) is 11.3. The molecule has 2 amide bonds. The number of carbonyl (C=O) groups excluding carboxylic acids is 1. The molecule has 1 fully saturated rings. The van der Waals surface area contributed by atoms with Crippen LogP contribution >= 0.6 is 22.9 Å². The predicted molar refractivity (Wildman–Crippen MR) is 105 cm³/mol. The zero-order valence-electron chi connectivity index (χ0n) is 15.4. The lowest BCUT2D eigenvalue weighted by atomic mass is 10.2. The van der Waals surface area contributed by atoms with Crippen LogP contribution in [-0.4, -0.2) is 56.2 Å². The first-order valence-electron chi connectivity index (χ1n) is 8.68.